The number of benzene rings is 1. The molecule has 10 heteroatoms. The lowest BCUT2D eigenvalue weighted by atomic mass is 10.1. The van der Waals surface area contributed by atoms with E-state index in [1.165, 1.54) is 0 Å². The second kappa shape index (κ2) is 9.39. The molecule has 1 unspecified atom stereocenters. The van der Waals surface area contributed by atoms with Gasteiger partial charge in [0.25, 0.3) is 5.91 Å². The highest BCUT2D eigenvalue weighted by Crippen LogP contribution is 2.39. The number of nitrogens with zero attached hydrogens (tertiary/aromatic N) is 5. The Morgan fingerprint density at radius 3 is 2.65 bits per heavy atom. The summed E-state index contributed by atoms with van der Waals surface area (Å²) in [4.78, 5) is 38.6. The van der Waals surface area contributed by atoms with Crippen LogP contribution in [0.2, 0.25) is 0 Å². The summed E-state index contributed by atoms with van der Waals surface area (Å²) >= 11 is 0. The van der Waals surface area contributed by atoms with Crippen molar-refractivity contribution in [3.63, 3.8) is 0 Å². The summed E-state index contributed by atoms with van der Waals surface area (Å²) in [6, 6.07) is 7.15. The molecule has 3 heterocycles. The Bertz CT molecular complexity index is 1400. The van der Waals surface area contributed by atoms with Crippen LogP contribution in [0.3, 0.4) is 0 Å². The van der Waals surface area contributed by atoms with Crippen molar-refractivity contribution in [2.75, 3.05) is 25.0 Å². The Balaban J connectivity index is 1.40. The van der Waals surface area contributed by atoms with Crippen molar-refractivity contribution < 1.29 is 14.3 Å². The van der Waals surface area contributed by atoms with E-state index in [1.54, 1.807) is 21.9 Å². The summed E-state index contributed by atoms with van der Waals surface area (Å²) in [5.41, 5.74) is 1.78. The fourth-order valence-corrected chi connectivity index (χ4v) is 4.41. The molecule has 2 amide bonds. The number of carbonyl (C=O) groups excluding carboxylic acids is 2. The molecule has 1 aliphatic carbocycles. The number of amides is 2. The molecular weight excluding hydrogens is 470 g/mol. The zero-order chi connectivity index (χ0) is 26.3. The molecule has 0 spiro atoms. The van der Waals surface area contributed by atoms with Crippen LogP contribution in [-0.4, -0.2) is 73.2 Å². The minimum atomic E-state index is -0.584. The van der Waals surface area contributed by atoms with E-state index in [1.807, 2.05) is 39.8 Å². The van der Waals surface area contributed by atoms with Gasteiger partial charge in [0.05, 0.1) is 5.52 Å². The van der Waals surface area contributed by atoms with Gasteiger partial charge >= 0.3 is 6.09 Å². The van der Waals surface area contributed by atoms with Crippen molar-refractivity contribution >= 4 is 34.5 Å². The maximum absolute atomic E-state index is 13.5. The number of anilines is 2. The maximum Gasteiger partial charge on any atom is 0.410 e. The first-order valence-corrected chi connectivity index (χ1v) is 12.5. The van der Waals surface area contributed by atoms with Gasteiger partial charge in [-0.2, -0.15) is 5.10 Å². The van der Waals surface area contributed by atoms with Crippen LogP contribution in [0.25, 0.3) is 10.9 Å². The number of aromatic amines is 1. The summed E-state index contributed by atoms with van der Waals surface area (Å²) in [5.74, 6) is 4.00. The molecule has 2 aliphatic rings. The number of aromatic nitrogens is 4. The van der Waals surface area contributed by atoms with Crippen LogP contribution < -0.4 is 5.32 Å². The predicted octanol–water partition coefficient (Wildman–Crippen LogP) is 4.04. The Kier molecular flexibility index (Phi) is 6.23. The topological polar surface area (TPSA) is 116 Å². The standard InChI is InChI=1S/C27H31N7O3/c1-6-17-7-10-20-19(13-17)23(29-22-14-21(31-32-22)18-8-9-18)30-24(28-20)25(35)33-11-12-34(16(2)15-33)26(36)37-27(3,4)5/h1,7,10,13-14,16,18H,8-9,11-12,15H2,2-5H3,(H2,28,29,30,31,32). The summed E-state index contributed by atoms with van der Waals surface area (Å²) in [7, 11) is 0. The van der Waals surface area contributed by atoms with E-state index in [2.05, 4.69) is 31.4 Å². The van der Waals surface area contributed by atoms with Crippen molar-refractivity contribution in [1.29, 1.82) is 0 Å². The zero-order valence-electron chi connectivity index (χ0n) is 21.5. The Morgan fingerprint density at radius 1 is 1.19 bits per heavy atom. The van der Waals surface area contributed by atoms with Crippen molar-refractivity contribution in [2.45, 2.75) is 58.1 Å². The lowest BCUT2D eigenvalue weighted by molar-refractivity contribution is 0.00182. The number of piperazine rings is 1. The van der Waals surface area contributed by atoms with Gasteiger partial charge in [-0.15, -0.1) is 6.42 Å². The molecule has 1 aromatic carbocycles. The molecule has 2 fully saturated rings. The number of terminal acetylenes is 1. The van der Waals surface area contributed by atoms with Gasteiger partial charge in [0, 0.05) is 54.3 Å². The molecule has 5 rings (SSSR count). The van der Waals surface area contributed by atoms with Gasteiger partial charge in [-0.25, -0.2) is 14.8 Å². The molecular formula is C27H31N7O3. The molecule has 10 nitrogen and oxygen atoms in total. The second-order valence-electron chi connectivity index (χ2n) is 10.7. The smallest absolute Gasteiger partial charge is 0.410 e. The largest absolute Gasteiger partial charge is 0.444 e. The van der Waals surface area contributed by atoms with E-state index in [4.69, 9.17) is 11.2 Å². The average molecular weight is 502 g/mol. The van der Waals surface area contributed by atoms with E-state index >= 15 is 0 Å². The first-order valence-electron chi connectivity index (χ1n) is 12.5. The lowest BCUT2D eigenvalue weighted by Gasteiger charge is -2.39. The molecule has 37 heavy (non-hydrogen) atoms. The van der Waals surface area contributed by atoms with Crippen molar-refractivity contribution in [1.82, 2.24) is 30.0 Å². The van der Waals surface area contributed by atoms with Gasteiger partial charge < -0.3 is 19.9 Å². The monoisotopic (exact) mass is 501 g/mol. The lowest BCUT2D eigenvalue weighted by Crippen LogP contribution is -2.56. The fraction of sp³-hybridized carbons (Fsp3) is 0.444. The molecule has 2 aromatic heterocycles. The fourth-order valence-electron chi connectivity index (χ4n) is 4.41. The Hall–Kier alpha value is -4.13. The normalized spacial score (nSPS) is 18.0. The van der Waals surface area contributed by atoms with E-state index in [9.17, 15) is 9.59 Å². The van der Waals surface area contributed by atoms with Gasteiger partial charge in [0.15, 0.2) is 5.82 Å². The van der Waals surface area contributed by atoms with Gasteiger partial charge in [-0.1, -0.05) is 5.92 Å². The van der Waals surface area contributed by atoms with Gasteiger partial charge in [0.1, 0.15) is 11.4 Å². The SMILES string of the molecule is C#Cc1ccc2nc(C(=O)N3CCN(C(=O)OC(C)(C)C)C(C)C3)nc(Nc3cc(C4CC4)[nH]n3)c2c1. The average Bonchev–Trinajstić information content (AvgIpc) is 3.60. The van der Waals surface area contributed by atoms with Crippen LogP contribution in [0.15, 0.2) is 24.3 Å². The van der Waals surface area contributed by atoms with Gasteiger partial charge in [-0.05, 0) is 58.7 Å². The highest BCUT2D eigenvalue weighted by molar-refractivity contribution is 5.97. The van der Waals surface area contributed by atoms with Gasteiger partial charge in [0.2, 0.25) is 5.82 Å². The number of hydrogen-bond acceptors (Lipinski definition) is 7. The third-order valence-corrected chi connectivity index (χ3v) is 6.46. The third-order valence-electron chi connectivity index (χ3n) is 6.46. The summed E-state index contributed by atoms with van der Waals surface area (Å²) in [6.07, 6.45) is 7.54. The molecule has 1 saturated heterocycles. The first-order chi connectivity index (χ1) is 17.6. The Labute approximate surface area is 215 Å². The highest BCUT2D eigenvalue weighted by Gasteiger charge is 2.34. The summed E-state index contributed by atoms with van der Waals surface area (Å²) in [6.45, 7) is 8.47. The molecule has 0 bridgehead atoms. The van der Waals surface area contributed by atoms with Crippen LogP contribution in [0.1, 0.15) is 68.3 Å². The van der Waals surface area contributed by atoms with E-state index < -0.39 is 5.60 Å². The molecule has 2 N–H and O–H groups in total. The number of H-pyrrole nitrogens is 1. The number of carbonyl (C=O) groups is 2. The van der Waals surface area contributed by atoms with E-state index in [0.29, 0.717) is 53.7 Å². The molecule has 3 aromatic rings. The van der Waals surface area contributed by atoms with Crippen LogP contribution in [0.5, 0.6) is 0 Å². The first kappa shape index (κ1) is 24.6. The van der Waals surface area contributed by atoms with Crippen LogP contribution in [0.4, 0.5) is 16.4 Å². The summed E-state index contributed by atoms with van der Waals surface area (Å²) in [5, 5.41) is 11.4. The summed E-state index contributed by atoms with van der Waals surface area (Å²) < 4.78 is 5.52. The second-order valence-corrected chi connectivity index (χ2v) is 10.7. The van der Waals surface area contributed by atoms with Gasteiger partial charge in [-0.3, -0.25) is 9.89 Å². The highest BCUT2D eigenvalue weighted by atomic mass is 16.6. The zero-order valence-corrected chi connectivity index (χ0v) is 21.5. The number of nitrogens with one attached hydrogen (secondary N) is 2. The number of ether oxygens (including phenoxy) is 1. The van der Waals surface area contributed by atoms with Crippen LogP contribution in [-0.2, 0) is 4.74 Å². The molecule has 192 valence electrons. The quantitative estimate of drug-likeness (QED) is 0.518. The molecule has 0 radical (unpaired) electrons. The van der Waals surface area contributed by atoms with Crippen molar-refractivity contribution in [2.24, 2.45) is 0 Å². The number of rotatable bonds is 4. The maximum atomic E-state index is 13.5. The van der Waals surface area contributed by atoms with Crippen LogP contribution in [0, 0.1) is 12.3 Å². The Morgan fingerprint density at radius 2 is 1.97 bits per heavy atom. The molecule has 1 atom stereocenters. The number of hydrogen-bond donors (Lipinski definition) is 2. The third kappa shape index (κ3) is 5.35. The molecule has 1 aliphatic heterocycles. The number of fused-ring (bicyclic) bond motifs is 1. The van der Waals surface area contributed by atoms with Crippen molar-refractivity contribution in [3.8, 4) is 12.3 Å². The molecule has 1 saturated carbocycles. The predicted molar refractivity (Wildman–Crippen MR) is 140 cm³/mol. The van der Waals surface area contributed by atoms with Crippen molar-refractivity contribution in [3.05, 3.63) is 41.3 Å². The van der Waals surface area contributed by atoms with Crippen LogP contribution >= 0.6 is 0 Å². The van der Waals surface area contributed by atoms with E-state index in [0.717, 1.165) is 18.5 Å². The minimum absolute atomic E-state index is 0.0688. The minimum Gasteiger partial charge on any atom is -0.444 e. The van der Waals surface area contributed by atoms with E-state index in [-0.39, 0.29) is 23.9 Å².